The molecular weight excluding hydrogens is 294 g/mol. The monoisotopic (exact) mass is 313 g/mol. The zero-order valence-electron chi connectivity index (χ0n) is 11.7. The van der Waals surface area contributed by atoms with Crippen LogP contribution < -0.4 is 16.4 Å². The molecule has 0 bridgehead atoms. The highest BCUT2D eigenvalue weighted by atomic mass is 35.5. The topological polar surface area (TPSA) is 113 Å². The van der Waals surface area contributed by atoms with Crippen LogP contribution in [-0.2, 0) is 4.79 Å². The van der Waals surface area contributed by atoms with Crippen LogP contribution >= 0.6 is 11.6 Å². The number of nitrogens with one attached hydrogen (secondary N) is 3. The zero-order valence-corrected chi connectivity index (χ0v) is 12.4. The van der Waals surface area contributed by atoms with Crippen molar-refractivity contribution in [2.45, 2.75) is 44.2 Å². The Morgan fingerprint density at radius 1 is 1.29 bits per heavy atom. The standard InChI is InChI=1S/C13H20ClN5O2/c14-11-7-10(18-19-11)13(21)17-9-3-1-8(2-4-9)16-12(20)5-6-15/h7-9H,1-6,15H2,(H,16,20)(H,17,21)(H,18,19). The summed E-state index contributed by atoms with van der Waals surface area (Å²) in [4.78, 5) is 23.4. The minimum atomic E-state index is -0.228. The van der Waals surface area contributed by atoms with E-state index in [-0.39, 0.29) is 23.9 Å². The molecule has 0 aromatic carbocycles. The summed E-state index contributed by atoms with van der Waals surface area (Å²) in [5.41, 5.74) is 5.63. The summed E-state index contributed by atoms with van der Waals surface area (Å²) in [5, 5.41) is 12.6. The van der Waals surface area contributed by atoms with E-state index in [2.05, 4.69) is 20.8 Å². The van der Waals surface area contributed by atoms with Crippen LogP contribution in [0.15, 0.2) is 6.07 Å². The van der Waals surface area contributed by atoms with Crippen LogP contribution in [0.3, 0.4) is 0 Å². The molecule has 2 rings (SSSR count). The zero-order chi connectivity index (χ0) is 15.2. The van der Waals surface area contributed by atoms with Crippen molar-refractivity contribution in [1.82, 2.24) is 20.8 Å². The number of nitrogens with zero attached hydrogens (tertiary/aromatic N) is 1. The number of carbonyl (C=O) groups excluding carboxylic acids is 2. The van der Waals surface area contributed by atoms with Gasteiger partial charge in [0, 0.05) is 31.1 Å². The molecule has 0 spiro atoms. The molecule has 1 saturated carbocycles. The molecule has 1 aromatic heterocycles. The van der Waals surface area contributed by atoms with Gasteiger partial charge in [-0.3, -0.25) is 14.7 Å². The molecule has 0 radical (unpaired) electrons. The van der Waals surface area contributed by atoms with Gasteiger partial charge in [0.05, 0.1) is 0 Å². The molecule has 0 atom stereocenters. The highest BCUT2D eigenvalue weighted by Gasteiger charge is 2.24. The van der Waals surface area contributed by atoms with Crippen molar-refractivity contribution in [3.05, 3.63) is 16.9 Å². The largest absolute Gasteiger partial charge is 0.353 e. The van der Waals surface area contributed by atoms with E-state index >= 15 is 0 Å². The van der Waals surface area contributed by atoms with Crippen LogP contribution in [0.5, 0.6) is 0 Å². The van der Waals surface area contributed by atoms with Crippen molar-refractivity contribution in [2.24, 2.45) is 5.73 Å². The molecule has 2 amide bonds. The Morgan fingerprint density at radius 3 is 2.43 bits per heavy atom. The molecule has 1 fully saturated rings. The summed E-state index contributed by atoms with van der Waals surface area (Å²) in [6.07, 6.45) is 3.72. The molecule has 1 aliphatic rings. The first kappa shape index (κ1) is 15.8. The van der Waals surface area contributed by atoms with Gasteiger partial charge in [-0.25, -0.2) is 0 Å². The van der Waals surface area contributed by atoms with Crippen LogP contribution in [0, 0.1) is 0 Å². The van der Waals surface area contributed by atoms with Gasteiger partial charge in [0.15, 0.2) is 5.69 Å². The van der Waals surface area contributed by atoms with Gasteiger partial charge in [0.25, 0.3) is 5.91 Å². The molecule has 0 saturated heterocycles. The minimum Gasteiger partial charge on any atom is -0.353 e. The maximum atomic E-state index is 11.9. The number of aromatic nitrogens is 2. The van der Waals surface area contributed by atoms with E-state index in [0.29, 0.717) is 23.8 Å². The van der Waals surface area contributed by atoms with Crippen LogP contribution in [-0.4, -0.2) is 40.6 Å². The van der Waals surface area contributed by atoms with E-state index in [1.165, 1.54) is 6.07 Å². The van der Waals surface area contributed by atoms with Crippen molar-refractivity contribution < 1.29 is 9.59 Å². The number of rotatable bonds is 5. The SMILES string of the molecule is NCCC(=O)NC1CCC(NC(=O)c2cc(Cl)[nH]n2)CC1. The molecule has 0 aliphatic heterocycles. The third-order valence-corrected chi connectivity index (χ3v) is 3.77. The molecule has 7 nitrogen and oxygen atoms in total. The van der Waals surface area contributed by atoms with Gasteiger partial charge in [0.1, 0.15) is 5.15 Å². The van der Waals surface area contributed by atoms with Gasteiger partial charge < -0.3 is 16.4 Å². The lowest BCUT2D eigenvalue weighted by atomic mass is 9.91. The van der Waals surface area contributed by atoms with Gasteiger partial charge in [-0.05, 0) is 25.7 Å². The predicted octanol–water partition coefficient (Wildman–Crippen LogP) is 0.569. The lowest BCUT2D eigenvalue weighted by Crippen LogP contribution is -2.44. The molecule has 1 aliphatic carbocycles. The summed E-state index contributed by atoms with van der Waals surface area (Å²) in [5.74, 6) is -0.232. The lowest BCUT2D eigenvalue weighted by Gasteiger charge is -2.29. The van der Waals surface area contributed by atoms with Crippen molar-refractivity contribution in [1.29, 1.82) is 0 Å². The number of carbonyl (C=O) groups is 2. The molecule has 1 aromatic rings. The van der Waals surface area contributed by atoms with E-state index < -0.39 is 0 Å². The Labute approximate surface area is 128 Å². The quantitative estimate of drug-likeness (QED) is 0.636. The third kappa shape index (κ3) is 4.71. The number of hydrogen-bond donors (Lipinski definition) is 4. The Balaban J connectivity index is 1.74. The Morgan fingerprint density at radius 2 is 1.90 bits per heavy atom. The Hall–Kier alpha value is -1.60. The second-order valence-electron chi connectivity index (χ2n) is 5.23. The average molecular weight is 314 g/mol. The fourth-order valence-electron chi connectivity index (χ4n) is 2.49. The number of amides is 2. The van der Waals surface area contributed by atoms with Gasteiger partial charge in [-0.1, -0.05) is 11.6 Å². The summed E-state index contributed by atoms with van der Waals surface area (Å²) in [7, 11) is 0. The normalized spacial score (nSPS) is 21.8. The third-order valence-electron chi connectivity index (χ3n) is 3.58. The summed E-state index contributed by atoms with van der Waals surface area (Å²) >= 11 is 5.69. The Bertz CT molecular complexity index is 497. The predicted molar refractivity (Wildman–Crippen MR) is 78.9 cm³/mol. The first-order valence-corrected chi connectivity index (χ1v) is 7.47. The average Bonchev–Trinajstić information content (AvgIpc) is 2.88. The summed E-state index contributed by atoms with van der Waals surface area (Å²) in [6, 6.07) is 1.78. The van der Waals surface area contributed by atoms with Crippen molar-refractivity contribution >= 4 is 23.4 Å². The molecule has 116 valence electrons. The fourth-order valence-corrected chi connectivity index (χ4v) is 2.63. The fraction of sp³-hybridized carbons (Fsp3) is 0.615. The highest BCUT2D eigenvalue weighted by molar-refractivity contribution is 6.29. The number of H-pyrrole nitrogens is 1. The number of halogens is 1. The number of nitrogens with two attached hydrogens (primary N) is 1. The van der Waals surface area contributed by atoms with E-state index in [1.807, 2.05) is 0 Å². The summed E-state index contributed by atoms with van der Waals surface area (Å²) in [6.45, 7) is 0.365. The first-order valence-electron chi connectivity index (χ1n) is 7.09. The summed E-state index contributed by atoms with van der Waals surface area (Å²) < 4.78 is 0. The molecule has 1 heterocycles. The van der Waals surface area contributed by atoms with Crippen molar-refractivity contribution in [2.75, 3.05) is 6.54 Å². The van der Waals surface area contributed by atoms with Gasteiger partial charge in [0.2, 0.25) is 5.91 Å². The lowest BCUT2D eigenvalue weighted by molar-refractivity contribution is -0.121. The van der Waals surface area contributed by atoms with E-state index in [1.54, 1.807) is 0 Å². The first-order chi connectivity index (χ1) is 10.1. The van der Waals surface area contributed by atoms with Gasteiger partial charge >= 0.3 is 0 Å². The second-order valence-corrected chi connectivity index (χ2v) is 5.64. The van der Waals surface area contributed by atoms with Crippen LogP contribution in [0.25, 0.3) is 0 Å². The number of aromatic amines is 1. The van der Waals surface area contributed by atoms with Crippen LogP contribution in [0.2, 0.25) is 5.15 Å². The molecule has 0 unspecified atom stereocenters. The maximum absolute atomic E-state index is 11.9. The van der Waals surface area contributed by atoms with Crippen LogP contribution in [0.4, 0.5) is 0 Å². The highest BCUT2D eigenvalue weighted by Crippen LogP contribution is 2.19. The molecule has 21 heavy (non-hydrogen) atoms. The van der Waals surface area contributed by atoms with Gasteiger partial charge in [-0.15, -0.1) is 0 Å². The van der Waals surface area contributed by atoms with E-state index in [9.17, 15) is 9.59 Å². The Kier molecular flexibility index (Phi) is 5.58. The maximum Gasteiger partial charge on any atom is 0.272 e. The van der Waals surface area contributed by atoms with Gasteiger partial charge in [-0.2, -0.15) is 5.10 Å². The second kappa shape index (κ2) is 7.42. The van der Waals surface area contributed by atoms with Crippen molar-refractivity contribution in [3.8, 4) is 0 Å². The number of hydrogen-bond acceptors (Lipinski definition) is 4. The molecule has 8 heteroatoms. The smallest absolute Gasteiger partial charge is 0.272 e. The van der Waals surface area contributed by atoms with E-state index in [0.717, 1.165) is 25.7 Å². The molecular formula is C13H20ClN5O2. The van der Waals surface area contributed by atoms with Crippen LogP contribution in [0.1, 0.15) is 42.6 Å². The van der Waals surface area contributed by atoms with Crippen molar-refractivity contribution in [3.63, 3.8) is 0 Å². The van der Waals surface area contributed by atoms with E-state index in [4.69, 9.17) is 17.3 Å². The minimum absolute atomic E-state index is 0.00356. The molecule has 5 N–H and O–H groups in total.